The molecule has 1 atom stereocenters. The molecule has 3 rings (SSSR count). The maximum absolute atomic E-state index is 12.6. The minimum Gasteiger partial charge on any atom is -0.480 e. The molecule has 2 aliphatic rings. The number of anilines is 1. The molecule has 1 aliphatic carbocycles. The first-order valence-electron chi connectivity index (χ1n) is 7.03. The molecule has 0 aromatic carbocycles. The topological polar surface area (TPSA) is 87.5 Å². The summed E-state index contributed by atoms with van der Waals surface area (Å²) in [6.45, 7) is 1.91. The second-order valence-corrected chi connectivity index (χ2v) is 5.93. The molecule has 114 valence electrons. The van der Waals surface area contributed by atoms with E-state index in [9.17, 15) is 14.7 Å². The van der Waals surface area contributed by atoms with Crippen LogP contribution in [0.2, 0.25) is 5.02 Å². The normalized spacial score (nSPS) is 22.3. The first kappa shape index (κ1) is 14.3. The fourth-order valence-electron chi connectivity index (χ4n) is 2.59. The van der Waals surface area contributed by atoms with Crippen molar-refractivity contribution in [2.75, 3.05) is 24.5 Å². The summed E-state index contributed by atoms with van der Waals surface area (Å²) >= 11 is 6.13. The number of rotatable bonds is 4. The summed E-state index contributed by atoms with van der Waals surface area (Å²) in [5, 5.41) is 16.6. The molecule has 1 aliphatic heterocycles. The first-order chi connectivity index (χ1) is 10.1. The molecule has 0 radical (unpaired) electrons. The Hall–Kier alpha value is -1.60. The average molecular weight is 313 g/mol. The highest BCUT2D eigenvalue weighted by atomic mass is 35.5. The number of halogens is 1. The smallest absolute Gasteiger partial charge is 0.327 e. The van der Waals surface area contributed by atoms with Crippen LogP contribution in [-0.4, -0.2) is 46.5 Å². The van der Waals surface area contributed by atoms with Crippen LogP contribution >= 0.6 is 11.6 Å². The van der Waals surface area contributed by atoms with Crippen LogP contribution in [0.3, 0.4) is 0 Å². The van der Waals surface area contributed by atoms with Crippen LogP contribution in [0.1, 0.15) is 12.8 Å². The second-order valence-electron chi connectivity index (χ2n) is 5.52. The zero-order chi connectivity index (χ0) is 15.0. The van der Waals surface area contributed by atoms with E-state index in [2.05, 4.69) is 10.4 Å². The Morgan fingerprint density at radius 2 is 2.29 bits per heavy atom. The number of carbonyl (C=O) groups is 1. The molecule has 2 heterocycles. The van der Waals surface area contributed by atoms with Gasteiger partial charge >= 0.3 is 5.97 Å². The van der Waals surface area contributed by atoms with Crippen molar-refractivity contribution in [1.29, 1.82) is 0 Å². The Kier molecular flexibility index (Phi) is 3.86. The molecule has 0 spiro atoms. The Morgan fingerprint density at radius 1 is 1.52 bits per heavy atom. The van der Waals surface area contributed by atoms with Gasteiger partial charge in [-0.15, -0.1) is 0 Å². The van der Waals surface area contributed by atoms with Gasteiger partial charge in [0.05, 0.1) is 11.2 Å². The van der Waals surface area contributed by atoms with Crippen molar-refractivity contribution in [2.45, 2.75) is 25.4 Å². The van der Waals surface area contributed by atoms with Gasteiger partial charge in [0.2, 0.25) is 0 Å². The third-order valence-corrected chi connectivity index (χ3v) is 4.19. The van der Waals surface area contributed by atoms with Gasteiger partial charge in [-0.1, -0.05) is 11.6 Å². The van der Waals surface area contributed by atoms with Crippen LogP contribution < -0.4 is 15.8 Å². The molecule has 1 saturated heterocycles. The van der Waals surface area contributed by atoms with Crippen molar-refractivity contribution in [2.24, 2.45) is 5.92 Å². The molecule has 1 saturated carbocycles. The van der Waals surface area contributed by atoms with Gasteiger partial charge < -0.3 is 15.3 Å². The third kappa shape index (κ3) is 2.89. The number of hydrogen-bond acceptors (Lipinski definition) is 5. The van der Waals surface area contributed by atoms with Crippen LogP contribution in [0.15, 0.2) is 11.0 Å². The Morgan fingerprint density at radius 3 is 2.95 bits per heavy atom. The summed E-state index contributed by atoms with van der Waals surface area (Å²) in [7, 11) is 0. The number of carboxylic acid groups (broad SMARTS) is 1. The minimum absolute atomic E-state index is 0.209. The van der Waals surface area contributed by atoms with Crippen LogP contribution in [0, 0.1) is 5.92 Å². The molecule has 8 heteroatoms. The van der Waals surface area contributed by atoms with Gasteiger partial charge in [-0.25, -0.2) is 9.48 Å². The quantitative estimate of drug-likeness (QED) is 0.824. The van der Waals surface area contributed by atoms with Gasteiger partial charge in [-0.05, 0) is 18.8 Å². The lowest BCUT2D eigenvalue weighted by atomic mass is 10.1. The number of aromatic nitrogens is 2. The SMILES string of the molecule is O=C(O)C1CNCCN1c1c(Cl)cnn(CC2CC2)c1=O. The summed E-state index contributed by atoms with van der Waals surface area (Å²) < 4.78 is 1.40. The van der Waals surface area contributed by atoms with Crippen LogP contribution in [-0.2, 0) is 11.3 Å². The van der Waals surface area contributed by atoms with E-state index >= 15 is 0 Å². The standard InChI is InChI=1S/C13H17ClN4O3/c14-9-5-16-18(7-8-1-2-8)12(19)11(9)17-4-3-15-6-10(17)13(20)21/h5,8,10,15H,1-4,6-7H2,(H,20,21). The Labute approximate surface area is 126 Å². The monoisotopic (exact) mass is 312 g/mol. The summed E-state index contributed by atoms with van der Waals surface area (Å²) in [6.07, 6.45) is 3.65. The third-order valence-electron chi connectivity index (χ3n) is 3.92. The number of aliphatic carboxylic acids is 1. The molecular weight excluding hydrogens is 296 g/mol. The van der Waals surface area contributed by atoms with E-state index in [0.717, 1.165) is 12.8 Å². The predicted molar refractivity (Wildman–Crippen MR) is 77.9 cm³/mol. The van der Waals surface area contributed by atoms with Crippen LogP contribution in [0.4, 0.5) is 5.69 Å². The zero-order valence-corrected chi connectivity index (χ0v) is 12.2. The average Bonchev–Trinajstić information content (AvgIpc) is 3.26. The zero-order valence-electron chi connectivity index (χ0n) is 11.5. The Balaban J connectivity index is 1.98. The molecule has 1 unspecified atom stereocenters. The van der Waals surface area contributed by atoms with E-state index < -0.39 is 12.0 Å². The number of hydrogen-bond donors (Lipinski definition) is 2. The van der Waals surface area contributed by atoms with Crippen molar-refractivity contribution >= 4 is 23.3 Å². The molecule has 1 aromatic rings. The lowest BCUT2D eigenvalue weighted by Gasteiger charge is -2.35. The van der Waals surface area contributed by atoms with Gasteiger partial charge in [0.15, 0.2) is 0 Å². The number of carboxylic acids is 1. The van der Waals surface area contributed by atoms with E-state index in [4.69, 9.17) is 11.6 Å². The van der Waals surface area contributed by atoms with Gasteiger partial charge in [0, 0.05) is 26.2 Å². The lowest BCUT2D eigenvalue weighted by molar-refractivity contribution is -0.138. The summed E-state index contributed by atoms with van der Waals surface area (Å²) in [4.78, 5) is 25.5. The molecular formula is C13H17ClN4O3. The lowest BCUT2D eigenvalue weighted by Crippen LogP contribution is -2.56. The molecule has 7 nitrogen and oxygen atoms in total. The number of nitrogens with zero attached hydrogens (tertiary/aromatic N) is 3. The highest BCUT2D eigenvalue weighted by Crippen LogP contribution is 2.30. The fraction of sp³-hybridized carbons (Fsp3) is 0.615. The highest BCUT2D eigenvalue weighted by Gasteiger charge is 2.32. The van der Waals surface area contributed by atoms with Crippen molar-refractivity contribution in [1.82, 2.24) is 15.1 Å². The van der Waals surface area contributed by atoms with E-state index in [1.165, 1.54) is 10.9 Å². The fourth-order valence-corrected chi connectivity index (χ4v) is 2.82. The molecule has 0 bridgehead atoms. The van der Waals surface area contributed by atoms with Crippen molar-refractivity contribution in [3.8, 4) is 0 Å². The van der Waals surface area contributed by atoms with Crippen molar-refractivity contribution in [3.63, 3.8) is 0 Å². The van der Waals surface area contributed by atoms with E-state index in [1.807, 2.05) is 0 Å². The summed E-state index contributed by atoms with van der Waals surface area (Å²) in [5.41, 5.74) is -0.0521. The van der Waals surface area contributed by atoms with Gasteiger partial charge in [-0.2, -0.15) is 5.10 Å². The van der Waals surface area contributed by atoms with Gasteiger partial charge in [0.25, 0.3) is 5.56 Å². The van der Waals surface area contributed by atoms with E-state index in [-0.39, 0.29) is 22.8 Å². The molecule has 2 fully saturated rings. The van der Waals surface area contributed by atoms with Crippen molar-refractivity contribution < 1.29 is 9.90 Å². The predicted octanol–water partition coefficient (Wildman–Crippen LogP) is 0.169. The molecule has 2 N–H and O–H groups in total. The van der Waals surface area contributed by atoms with E-state index in [1.54, 1.807) is 4.90 Å². The maximum atomic E-state index is 12.6. The van der Waals surface area contributed by atoms with Gasteiger partial charge in [0.1, 0.15) is 11.7 Å². The van der Waals surface area contributed by atoms with Crippen LogP contribution in [0.5, 0.6) is 0 Å². The minimum atomic E-state index is -0.969. The summed E-state index contributed by atoms with van der Waals surface area (Å²) in [5.74, 6) is -0.467. The molecule has 1 aromatic heterocycles. The Bertz CT molecular complexity index is 614. The molecule has 0 amide bonds. The summed E-state index contributed by atoms with van der Waals surface area (Å²) in [6, 6.07) is -0.791. The first-order valence-corrected chi connectivity index (χ1v) is 7.41. The maximum Gasteiger partial charge on any atom is 0.327 e. The number of piperazine rings is 1. The van der Waals surface area contributed by atoms with Gasteiger partial charge in [-0.3, -0.25) is 4.79 Å². The number of nitrogens with one attached hydrogen (secondary N) is 1. The van der Waals surface area contributed by atoms with Crippen molar-refractivity contribution in [3.05, 3.63) is 21.6 Å². The molecule has 21 heavy (non-hydrogen) atoms. The van der Waals surface area contributed by atoms with E-state index in [0.29, 0.717) is 25.6 Å². The largest absolute Gasteiger partial charge is 0.480 e. The highest BCUT2D eigenvalue weighted by molar-refractivity contribution is 6.33. The second kappa shape index (κ2) is 5.65. The van der Waals surface area contributed by atoms with Crippen LogP contribution in [0.25, 0.3) is 0 Å².